The summed E-state index contributed by atoms with van der Waals surface area (Å²) < 4.78 is 10.5. The largest absolute Gasteiger partial charge is 0.494 e. The van der Waals surface area contributed by atoms with Crippen LogP contribution in [0.15, 0.2) is 39.5 Å². The molecule has 17 heavy (non-hydrogen) atoms. The molecule has 90 valence electrons. The highest BCUT2D eigenvalue weighted by atomic mass is 16.5. The number of unbranched alkanes of at least 4 members (excludes halogenated alkanes) is 1. The highest BCUT2D eigenvalue weighted by Crippen LogP contribution is 2.19. The van der Waals surface area contributed by atoms with Gasteiger partial charge in [0.25, 0.3) is 0 Å². The van der Waals surface area contributed by atoms with Crippen LogP contribution in [-0.2, 0) is 0 Å². The van der Waals surface area contributed by atoms with Crippen LogP contribution in [0.1, 0.15) is 12.8 Å². The first-order valence-electron chi connectivity index (χ1n) is 5.57. The number of hydrogen-bond donors (Lipinski definition) is 1. The van der Waals surface area contributed by atoms with Crippen molar-refractivity contribution < 1.29 is 14.3 Å². The maximum Gasteiger partial charge on any atom is 0.336 e. The lowest BCUT2D eigenvalue weighted by Gasteiger charge is -2.06. The molecule has 0 saturated carbocycles. The van der Waals surface area contributed by atoms with Crippen LogP contribution in [0.5, 0.6) is 5.75 Å². The molecule has 0 amide bonds. The Morgan fingerprint density at radius 2 is 2.06 bits per heavy atom. The van der Waals surface area contributed by atoms with Gasteiger partial charge in [0.15, 0.2) is 0 Å². The molecule has 0 atom stereocenters. The van der Waals surface area contributed by atoms with Gasteiger partial charge in [0.1, 0.15) is 11.3 Å². The third-order valence-corrected chi connectivity index (χ3v) is 2.41. The molecule has 1 heterocycles. The molecule has 0 bridgehead atoms. The van der Waals surface area contributed by atoms with Crippen LogP contribution in [0, 0.1) is 0 Å². The smallest absolute Gasteiger partial charge is 0.336 e. The van der Waals surface area contributed by atoms with E-state index in [1.54, 1.807) is 18.2 Å². The summed E-state index contributed by atoms with van der Waals surface area (Å²) in [4.78, 5) is 11.0. The lowest BCUT2D eigenvalue weighted by atomic mass is 10.2. The van der Waals surface area contributed by atoms with E-state index >= 15 is 0 Å². The Kier molecular flexibility index (Phi) is 3.77. The first-order chi connectivity index (χ1) is 8.29. The lowest BCUT2D eigenvalue weighted by molar-refractivity contribution is 0.253. The summed E-state index contributed by atoms with van der Waals surface area (Å²) in [5.74, 6) is 0.740. The van der Waals surface area contributed by atoms with E-state index in [0.717, 1.165) is 24.0 Å². The van der Waals surface area contributed by atoms with Gasteiger partial charge in [-0.2, -0.15) is 0 Å². The Bertz CT molecular complexity index is 544. The third kappa shape index (κ3) is 3.07. The average Bonchev–Trinajstić information content (AvgIpc) is 2.35. The number of benzene rings is 1. The van der Waals surface area contributed by atoms with Crippen LogP contribution >= 0.6 is 0 Å². The van der Waals surface area contributed by atoms with Gasteiger partial charge in [-0.3, -0.25) is 0 Å². The number of rotatable bonds is 5. The van der Waals surface area contributed by atoms with Gasteiger partial charge >= 0.3 is 5.63 Å². The predicted octanol–water partition coefficient (Wildman–Crippen LogP) is 1.94. The zero-order chi connectivity index (χ0) is 12.1. The number of ether oxygens (including phenoxy) is 1. The maximum atomic E-state index is 11.0. The van der Waals surface area contributed by atoms with Gasteiger partial charge in [0.05, 0.1) is 6.61 Å². The summed E-state index contributed by atoms with van der Waals surface area (Å²) in [6, 6.07) is 8.42. The lowest BCUT2D eigenvalue weighted by Crippen LogP contribution is -1.99. The van der Waals surface area contributed by atoms with Gasteiger partial charge in [-0.1, -0.05) is 0 Å². The van der Waals surface area contributed by atoms with Gasteiger partial charge in [-0.25, -0.2) is 4.79 Å². The third-order valence-electron chi connectivity index (χ3n) is 2.41. The van der Waals surface area contributed by atoms with Crippen LogP contribution in [-0.4, -0.2) is 18.3 Å². The fourth-order valence-corrected chi connectivity index (χ4v) is 1.54. The summed E-state index contributed by atoms with van der Waals surface area (Å²) in [5.41, 5.74) is 0.203. The number of aliphatic hydroxyl groups is 1. The summed E-state index contributed by atoms with van der Waals surface area (Å²) in [6.45, 7) is 0.759. The summed E-state index contributed by atoms with van der Waals surface area (Å²) >= 11 is 0. The fraction of sp³-hybridized carbons (Fsp3) is 0.308. The molecule has 0 aliphatic heterocycles. The molecule has 0 radical (unpaired) electrons. The van der Waals surface area contributed by atoms with Crippen molar-refractivity contribution in [2.45, 2.75) is 12.8 Å². The van der Waals surface area contributed by atoms with Crippen molar-refractivity contribution in [1.29, 1.82) is 0 Å². The Balaban J connectivity index is 2.09. The molecule has 0 saturated heterocycles. The molecule has 4 nitrogen and oxygen atoms in total. The first-order valence-corrected chi connectivity index (χ1v) is 5.57. The van der Waals surface area contributed by atoms with Crippen molar-refractivity contribution in [3.63, 3.8) is 0 Å². The normalized spacial score (nSPS) is 10.6. The maximum absolute atomic E-state index is 11.0. The molecule has 4 heteroatoms. The van der Waals surface area contributed by atoms with E-state index in [1.165, 1.54) is 6.07 Å². The molecule has 0 fully saturated rings. The zero-order valence-corrected chi connectivity index (χ0v) is 9.39. The fourth-order valence-electron chi connectivity index (χ4n) is 1.54. The van der Waals surface area contributed by atoms with Crippen molar-refractivity contribution in [2.24, 2.45) is 0 Å². The minimum absolute atomic E-state index is 0.187. The van der Waals surface area contributed by atoms with E-state index in [9.17, 15) is 4.79 Å². The van der Waals surface area contributed by atoms with E-state index in [4.69, 9.17) is 14.3 Å². The molecule has 1 aromatic heterocycles. The molecule has 1 aromatic carbocycles. The molecular formula is C13H14O4. The minimum Gasteiger partial charge on any atom is -0.494 e. The highest BCUT2D eigenvalue weighted by Gasteiger charge is 1.99. The topological polar surface area (TPSA) is 59.7 Å². The van der Waals surface area contributed by atoms with Crippen molar-refractivity contribution >= 4 is 11.0 Å². The Labute approximate surface area is 98.4 Å². The Hall–Kier alpha value is -1.81. The molecule has 0 aliphatic rings. The van der Waals surface area contributed by atoms with Gasteiger partial charge in [-0.05, 0) is 37.1 Å². The van der Waals surface area contributed by atoms with Crippen LogP contribution in [0.4, 0.5) is 0 Å². The molecule has 2 rings (SSSR count). The highest BCUT2D eigenvalue weighted by molar-refractivity contribution is 5.77. The van der Waals surface area contributed by atoms with E-state index in [-0.39, 0.29) is 12.2 Å². The number of hydrogen-bond acceptors (Lipinski definition) is 4. The molecule has 0 unspecified atom stereocenters. The Morgan fingerprint density at radius 1 is 1.18 bits per heavy atom. The van der Waals surface area contributed by atoms with E-state index in [0.29, 0.717) is 12.2 Å². The molecule has 0 spiro atoms. The quantitative estimate of drug-likeness (QED) is 0.634. The number of fused-ring (bicyclic) bond motifs is 1. The SMILES string of the molecule is O=c1ccc2cc(OCCCCO)ccc2o1. The standard InChI is InChI=1S/C13H14O4/c14-7-1-2-8-16-11-4-5-12-10(9-11)3-6-13(15)17-12/h3-6,9,14H,1-2,7-8H2. The number of aliphatic hydroxyl groups excluding tert-OH is 1. The van der Waals surface area contributed by atoms with Crippen LogP contribution in [0.25, 0.3) is 11.0 Å². The van der Waals surface area contributed by atoms with E-state index in [2.05, 4.69) is 0 Å². The minimum atomic E-state index is -0.353. The van der Waals surface area contributed by atoms with Crippen molar-refractivity contribution in [2.75, 3.05) is 13.2 Å². The molecule has 2 aromatic rings. The predicted molar refractivity (Wildman–Crippen MR) is 64.3 cm³/mol. The van der Waals surface area contributed by atoms with Crippen LogP contribution in [0.3, 0.4) is 0 Å². The zero-order valence-electron chi connectivity index (χ0n) is 9.39. The second-order valence-corrected chi connectivity index (χ2v) is 3.73. The summed E-state index contributed by atoms with van der Waals surface area (Å²) in [7, 11) is 0. The van der Waals surface area contributed by atoms with Gasteiger partial charge < -0.3 is 14.3 Å². The first kappa shape index (κ1) is 11.7. The second kappa shape index (κ2) is 5.50. The van der Waals surface area contributed by atoms with Crippen molar-refractivity contribution in [3.05, 3.63) is 40.8 Å². The molecular weight excluding hydrogens is 220 g/mol. The van der Waals surface area contributed by atoms with Crippen molar-refractivity contribution in [3.8, 4) is 5.75 Å². The van der Waals surface area contributed by atoms with E-state index in [1.807, 2.05) is 6.07 Å². The molecule has 0 aliphatic carbocycles. The van der Waals surface area contributed by atoms with Gasteiger partial charge in [0, 0.05) is 18.1 Å². The molecule has 1 N–H and O–H groups in total. The monoisotopic (exact) mass is 234 g/mol. The van der Waals surface area contributed by atoms with E-state index < -0.39 is 0 Å². The van der Waals surface area contributed by atoms with Gasteiger partial charge in [-0.15, -0.1) is 0 Å². The average molecular weight is 234 g/mol. The summed E-state index contributed by atoms with van der Waals surface area (Å²) in [5, 5.41) is 9.47. The summed E-state index contributed by atoms with van der Waals surface area (Å²) in [6.07, 6.45) is 1.56. The van der Waals surface area contributed by atoms with Crippen molar-refractivity contribution in [1.82, 2.24) is 0 Å². The van der Waals surface area contributed by atoms with Crippen LogP contribution in [0.2, 0.25) is 0 Å². The second-order valence-electron chi connectivity index (χ2n) is 3.73. The van der Waals surface area contributed by atoms with Crippen LogP contribution < -0.4 is 10.4 Å². The van der Waals surface area contributed by atoms with Gasteiger partial charge in [0.2, 0.25) is 0 Å². The Morgan fingerprint density at radius 3 is 2.88 bits per heavy atom.